The summed E-state index contributed by atoms with van der Waals surface area (Å²) >= 11 is 3.15. The molecule has 5 heteroatoms. The van der Waals surface area contributed by atoms with Gasteiger partial charge in [-0.05, 0) is 12.1 Å². The number of anilines is 1. The Labute approximate surface area is 97.1 Å². The van der Waals surface area contributed by atoms with Crippen molar-refractivity contribution in [3.63, 3.8) is 0 Å². The maximum Gasteiger partial charge on any atom is 0.202 e. The molecule has 0 bridgehead atoms. The molecule has 0 amide bonds. The molecule has 1 N–H and O–H groups in total. The first-order chi connectivity index (χ1) is 7.38. The summed E-state index contributed by atoms with van der Waals surface area (Å²) in [6.45, 7) is 0. The van der Waals surface area contributed by atoms with E-state index >= 15 is 0 Å². The van der Waals surface area contributed by atoms with Crippen LogP contribution in [0.15, 0.2) is 35.2 Å². The van der Waals surface area contributed by atoms with Crippen LogP contribution in [-0.4, -0.2) is 16.4 Å². The van der Waals surface area contributed by atoms with E-state index in [1.54, 1.807) is 11.8 Å². The molecule has 0 unspecified atom stereocenters. The first-order valence-electron chi connectivity index (χ1n) is 4.56. The molecule has 0 aliphatic carbocycles. The fourth-order valence-corrected chi connectivity index (χ4v) is 2.47. The van der Waals surface area contributed by atoms with Crippen molar-refractivity contribution in [3.8, 4) is 0 Å². The highest BCUT2D eigenvalue weighted by molar-refractivity contribution is 7.98. The third-order valence-corrected chi connectivity index (χ3v) is 3.57. The molecular weight excluding hydrogens is 226 g/mol. The van der Waals surface area contributed by atoms with E-state index in [4.69, 9.17) is 0 Å². The lowest BCUT2D eigenvalue weighted by atomic mass is 10.4. The van der Waals surface area contributed by atoms with Crippen molar-refractivity contribution < 1.29 is 0 Å². The van der Waals surface area contributed by atoms with Crippen LogP contribution in [0.4, 0.5) is 5.13 Å². The average molecular weight is 237 g/mol. The lowest BCUT2D eigenvalue weighted by molar-refractivity contribution is 1.13. The van der Waals surface area contributed by atoms with Crippen molar-refractivity contribution in [2.75, 3.05) is 12.4 Å². The Balaban J connectivity index is 1.93. The molecule has 1 aromatic heterocycles. The van der Waals surface area contributed by atoms with Crippen molar-refractivity contribution in [2.24, 2.45) is 0 Å². The van der Waals surface area contributed by atoms with Gasteiger partial charge in [0.2, 0.25) is 5.13 Å². The van der Waals surface area contributed by atoms with Gasteiger partial charge in [0.1, 0.15) is 0 Å². The van der Waals surface area contributed by atoms with Crippen LogP contribution in [0.3, 0.4) is 0 Å². The number of hydrogen-bond acceptors (Lipinski definition) is 5. The Morgan fingerprint density at radius 3 is 2.80 bits per heavy atom. The van der Waals surface area contributed by atoms with E-state index in [1.165, 1.54) is 16.4 Å². The van der Waals surface area contributed by atoms with E-state index in [0.717, 1.165) is 16.7 Å². The third-order valence-electron chi connectivity index (χ3n) is 1.79. The normalized spacial score (nSPS) is 10.2. The fraction of sp³-hybridized carbons (Fsp3) is 0.200. The monoisotopic (exact) mass is 237 g/mol. The SMILES string of the molecule is CNc1nc(CSc2ccccc2)ns1. The second-order valence-electron chi connectivity index (χ2n) is 2.87. The number of nitrogens with one attached hydrogen (secondary N) is 1. The minimum atomic E-state index is 0.822. The van der Waals surface area contributed by atoms with Crippen LogP contribution in [0.5, 0.6) is 0 Å². The summed E-state index contributed by atoms with van der Waals surface area (Å²) < 4.78 is 4.25. The summed E-state index contributed by atoms with van der Waals surface area (Å²) in [5.74, 6) is 1.71. The first-order valence-corrected chi connectivity index (χ1v) is 6.32. The van der Waals surface area contributed by atoms with Gasteiger partial charge in [0.25, 0.3) is 0 Å². The smallest absolute Gasteiger partial charge is 0.202 e. The van der Waals surface area contributed by atoms with Gasteiger partial charge >= 0.3 is 0 Å². The Morgan fingerprint density at radius 2 is 2.13 bits per heavy atom. The van der Waals surface area contributed by atoms with E-state index in [-0.39, 0.29) is 0 Å². The van der Waals surface area contributed by atoms with Gasteiger partial charge in [0.15, 0.2) is 5.82 Å². The quantitative estimate of drug-likeness (QED) is 0.830. The van der Waals surface area contributed by atoms with Crippen molar-refractivity contribution in [1.82, 2.24) is 9.36 Å². The van der Waals surface area contributed by atoms with Crippen LogP contribution in [0.2, 0.25) is 0 Å². The van der Waals surface area contributed by atoms with Gasteiger partial charge < -0.3 is 5.32 Å². The van der Waals surface area contributed by atoms with Crippen LogP contribution >= 0.6 is 23.3 Å². The summed E-state index contributed by atoms with van der Waals surface area (Å²) in [6, 6.07) is 10.3. The predicted octanol–water partition coefficient (Wildman–Crippen LogP) is 2.87. The highest BCUT2D eigenvalue weighted by Crippen LogP contribution is 2.22. The van der Waals surface area contributed by atoms with Gasteiger partial charge in [0.05, 0.1) is 5.75 Å². The minimum absolute atomic E-state index is 0.822. The molecule has 0 aliphatic rings. The van der Waals surface area contributed by atoms with Gasteiger partial charge in [-0.25, -0.2) is 4.98 Å². The highest BCUT2D eigenvalue weighted by Gasteiger charge is 2.02. The summed E-state index contributed by atoms with van der Waals surface area (Å²) in [6.07, 6.45) is 0. The third kappa shape index (κ3) is 2.94. The summed E-state index contributed by atoms with van der Waals surface area (Å²) in [5, 5.41) is 3.85. The molecule has 0 radical (unpaired) electrons. The van der Waals surface area contributed by atoms with Crippen molar-refractivity contribution >= 4 is 28.4 Å². The zero-order valence-electron chi connectivity index (χ0n) is 8.30. The zero-order chi connectivity index (χ0) is 10.5. The lowest BCUT2D eigenvalue weighted by Gasteiger charge is -1.96. The number of rotatable bonds is 4. The Hall–Kier alpha value is -1.07. The van der Waals surface area contributed by atoms with Crippen molar-refractivity contribution in [1.29, 1.82) is 0 Å². The molecule has 3 nitrogen and oxygen atoms in total. The molecular formula is C10H11N3S2. The van der Waals surface area contributed by atoms with Crippen LogP contribution in [-0.2, 0) is 5.75 Å². The molecule has 2 aromatic rings. The maximum absolute atomic E-state index is 4.32. The molecule has 0 saturated carbocycles. The topological polar surface area (TPSA) is 37.8 Å². The van der Waals surface area contributed by atoms with E-state index in [1.807, 2.05) is 25.2 Å². The maximum atomic E-state index is 4.32. The lowest BCUT2D eigenvalue weighted by Crippen LogP contribution is -1.87. The van der Waals surface area contributed by atoms with Gasteiger partial charge in [-0.2, -0.15) is 4.37 Å². The van der Waals surface area contributed by atoms with Gasteiger partial charge in [0, 0.05) is 23.5 Å². The second-order valence-corrected chi connectivity index (χ2v) is 4.67. The molecule has 0 atom stereocenters. The Bertz CT molecular complexity index is 414. The molecule has 15 heavy (non-hydrogen) atoms. The van der Waals surface area contributed by atoms with E-state index in [2.05, 4.69) is 26.8 Å². The predicted molar refractivity (Wildman–Crippen MR) is 65.5 cm³/mol. The molecule has 0 spiro atoms. The van der Waals surface area contributed by atoms with Crippen LogP contribution < -0.4 is 5.32 Å². The Morgan fingerprint density at radius 1 is 1.33 bits per heavy atom. The standard InChI is InChI=1S/C10H11N3S2/c1-11-10-12-9(13-15-10)7-14-8-5-3-2-4-6-8/h2-6H,7H2,1H3,(H,11,12,13). The van der Waals surface area contributed by atoms with Gasteiger partial charge in [-0.3, -0.25) is 0 Å². The van der Waals surface area contributed by atoms with E-state index in [0.29, 0.717) is 0 Å². The van der Waals surface area contributed by atoms with Crippen LogP contribution in [0, 0.1) is 0 Å². The first kappa shape index (κ1) is 10.4. The average Bonchev–Trinajstić information content (AvgIpc) is 2.76. The molecule has 78 valence electrons. The van der Waals surface area contributed by atoms with Gasteiger partial charge in [-0.1, -0.05) is 18.2 Å². The van der Waals surface area contributed by atoms with Crippen LogP contribution in [0.25, 0.3) is 0 Å². The van der Waals surface area contributed by atoms with Crippen molar-refractivity contribution in [2.45, 2.75) is 10.6 Å². The Kier molecular flexibility index (Phi) is 3.58. The number of nitrogens with zero attached hydrogens (tertiary/aromatic N) is 2. The molecule has 0 aliphatic heterocycles. The summed E-state index contributed by atoms with van der Waals surface area (Å²) in [7, 11) is 1.86. The second kappa shape index (κ2) is 5.14. The fourth-order valence-electron chi connectivity index (χ4n) is 1.08. The molecule has 0 fully saturated rings. The largest absolute Gasteiger partial charge is 0.363 e. The van der Waals surface area contributed by atoms with Crippen LogP contribution in [0.1, 0.15) is 5.82 Å². The minimum Gasteiger partial charge on any atom is -0.363 e. The molecule has 2 rings (SSSR count). The zero-order valence-corrected chi connectivity index (χ0v) is 9.94. The molecule has 1 heterocycles. The van der Waals surface area contributed by atoms with E-state index in [9.17, 15) is 0 Å². The summed E-state index contributed by atoms with van der Waals surface area (Å²) in [4.78, 5) is 5.57. The summed E-state index contributed by atoms with van der Waals surface area (Å²) in [5.41, 5.74) is 0. The molecule has 0 saturated heterocycles. The number of hydrogen-bond donors (Lipinski definition) is 1. The number of benzene rings is 1. The van der Waals surface area contributed by atoms with Gasteiger partial charge in [-0.15, -0.1) is 11.8 Å². The van der Waals surface area contributed by atoms with E-state index < -0.39 is 0 Å². The number of thioether (sulfide) groups is 1. The number of aromatic nitrogens is 2. The molecule has 1 aromatic carbocycles. The van der Waals surface area contributed by atoms with Crippen molar-refractivity contribution in [3.05, 3.63) is 36.2 Å². The highest BCUT2D eigenvalue weighted by atomic mass is 32.2.